The van der Waals surface area contributed by atoms with Crippen molar-refractivity contribution in [2.24, 2.45) is 17.8 Å². The molecule has 36 heavy (non-hydrogen) atoms. The van der Waals surface area contributed by atoms with Crippen molar-refractivity contribution in [2.75, 3.05) is 24.5 Å². The van der Waals surface area contributed by atoms with Crippen molar-refractivity contribution in [1.29, 1.82) is 0 Å². The Hall–Kier alpha value is -2.19. The molecule has 1 amide bonds. The predicted octanol–water partition coefficient (Wildman–Crippen LogP) is 5.90. The highest BCUT2D eigenvalue weighted by atomic mass is 32.2. The smallest absolute Gasteiger partial charge is 0.267 e. The van der Waals surface area contributed by atoms with E-state index in [0.717, 1.165) is 50.8 Å². The molecule has 6 nitrogen and oxygen atoms in total. The molecule has 0 aromatic carbocycles. The van der Waals surface area contributed by atoms with Crippen LogP contribution in [0.15, 0.2) is 28.0 Å². The van der Waals surface area contributed by atoms with Crippen molar-refractivity contribution in [2.45, 2.75) is 66.7 Å². The molecule has 8 heteroatoms. The number of hydrogen-bond acceptors (Lipinski definition) is 6. The van der Waals surface area contributed by atoms with Gasteiger partial charge in [0.1, 0.15) is 15.8 Å². The number of pyridine rings is 1. The van der Waals surface area contributed by atoms with Crippen LogP contribution in [0.4, 0.5) is 5.82 Å². The zero-order valence-corrected chi connectivity index (χ0v) is 23.8. The third-order valence-electron chi connectivity index (χ3n) is 7.37. The van der Waals surface area contributed by atoms with Crippen LogP contribution >= 0.6 is 24.0 Å². The number of piperidine rings is 1. The standard InChI is InChI=1S/C28H38N4O2S2/c1-6-8-11-21(7-2)17-32-27(34)23(36-28(32)35)14-22-25(30-15-18(3)13-19(4)16-30)29-24-20(5)10-9-12-31(24)26(22)33/h9-10,12,14,18-19,21H,6-8,11,13,15-17H2,1-5H3/b23-14-/t18-,19+,21-/m1/s1. The van der Waals surface area contributed by atoms with Crippen LogP contribution in [0.25, 0.3) is 11.7 Å². The Kier molecular flexibility index (Phi) is 8.56. The van der Waals surface area contributed by atoms with Gasteiger partial charge in [-0.05, 0) is 55.2 Å². The number of nitrogens with zero attached hydrogens (tertiary/aromatic N) is 4. The number of thiocarbonyl (C=S) groups is 1. The fraction of sp³-hybridized carbons (Fsp3) is 0.571. The summed E-state index contributed by atoms with van der Waals surface area (Å²) in [5, 5.41) is 0. The summed E-state index contributed by atoms with van der Waals surface area (Å²) in [4.78, 5) is 36.7. The van der Waals surface area contributed by atoms with E-state index in [1.54, 1.807) is 21.6 Å². The number of carbonyl (C=O) groups is 1. The van der Waals surface area contributed by atoms with Crippen LogP contribution in [-0.2, 0) is 4.79 Å². The van der Waals surface area contributed by atoms with E-state index < -0.39 is 0 Å². The first-order valence-corrected chi connectivity index (χ1v) is 14.5. The molecule has 0 aliphatic carbocycles. The van der Waals surface area contributed by atoms with Gasteiger partial charge in [-0.3, -0.25) is 18.9 Å². The van der Waals surface area contributed by atoms with Gasteiger partial charge in [0.2, 0.25) is 0 Å². The summed E-state index contributed by atoms with van der Waals surface area (Å²) in [6.07, 6.45) is 9.06. The third-order valence-corrected chi connectivity index (χ3v) is 8.74. The van der Waals surface area contributed by atoms with Crippen molar-refractivity contribution in [1.82, 2.24) is 14.3 Å². The van der Waals surface area contributed by atoms with Gasteiger partial charge >= 0.3 is 0 Å². The van der Waals surface area contributed by atoms with E-state index in [0.29, 0.717) is 50.6 Å². The topological polar surface area (TPSA) is 57.9 Å². The first-order chi connectivity index (χ1) is 17.2. The maximum atomic E-state index is 13.8. The molecule has 2 aliphatic rings. The van der Waals surface area contributed by atoms with Crippen molar-refractivity contribution < 1.29 is 4.79 Å². The fourth-order valence-electron chi connectivity index (χ4n) is 5.47. The lowest BCUT2D eigenvalue weighted by Crippen LogP contribution is -2.40. The molecule has 2 fully saturated rings. The lowest BCUT2D eigenvalue weighted by Gasteiger charge is -2.36. The summed E-state index contributed by atoms with van der Waals surface area (Å²) >= 11 is 6.92. The number of aromatic nitrogens is 2. The average molecular weight is 527 g/mol. The highest BCUT2D eigenvalue weighted by Crippen LogP contribution is 2.35. The molecule has 2 saturated heterocycles. The van der Waals surface area contributed by atoms with Gasteiger partial charge in [-0.2, -0.15) is 0 Å². The molecule has 4 rings (SSSR count). The summed E-state index contributed by atoms with van der Waals surface area (Å²) in [5.41, 5.74) is 1.93. The molecule has 2 aromatic rings. The molecule has 3 atom stereocenters. The van der Waals surface area contributed by atoms with Gasteiger partial charge in [0.05, 0.1) is 10.5 Å². The number of unbranched alkanes of at least 4 members (excludes halogenated alkanes) is 1. The van der Waals surface area contributed by atoms with Crippen molar-refractivity contribution in [3.05, 3.63) is 44.7 Å². The molecule has 194 valence electrons. The maximum Gasteiger partial charge on any atom is 0.267 e. The summed E-state index contributed by atoms with van der Waals surface area (Å²) in [6, 6.07) is 3.83. The summed E-state index contributed by atoms with van der Waals surface area (Å²) in [5.74, 6) is 2.01. The minimum Gasteiger partial charge on any atom is -0.355 e. The molecule has 2 aliphatic heterocycles. The van der Waals surface area contributed by atoms with E-state index in [4.69, 9.17) is 17.2 Å². The van der Waals surface area contributed by atoms with Gasteiger partial charge in [0.25, 0.3) is 11.5 Å². The molecular weight excluding hydrogens is 488 g/mol. The first-order valence-electron chi connectivity index (χ1n) is 13.3. The van der Waals surface area contributed by atoms with Gasteiger partial charge in [-0.25, -0.2) is 4.98 Å². The van der Waals surface area contributed by atoms with Gasteiger partial charge in [0, 0.05) is 25.8 Å². The van der Waals surface area contributed by atoms with Crippen LogP contribution in [-0.4, -0.2) is 44.1 Å². The molecule has 0 bridgehead atoms. The summed E-state index contributed by atoms with van der Waals surface area (Å²) < 4.78 is 2.17. The Morgan fingerprint density at radius 2 is 1.94 bits per heavy atom. The van der Waals surface area contributed by atoms with Crippen molar-refractivity contribution in [3.63, 3.8) is 0 Å². The minimum atomic E-state index is -0.149. The van der Waals surface area contributed by atoms with Gasteiger partial charge < -0.3 is 4.90 Å². The second-order valence-electron chi connectivity index (χ2n) is 10.6. The van der Waals surface area contributed by atoms with E-state index in [-0.39, 0.29) is 11.5 Å². The highest BCUT2D eigenvalue weighted by Gasteiger charge is 2.34. The molecule has 0 radical (unpaired) electrons. The number of anilines is 1. The Bertz CT molecular complexity index is 1230. The Morgan fingerprint density at radius 3 is 2.61 bits per heavy atom. The van der Waals surface area contributed by atoms with E-state index in [1.165, 1.54) is 11.8 Å². The second-order valence-corrected chi connectivity index (χ2v) is 12.3. The zero-order valence-electron chi connectivity index (χ0n) is 22.1. The molecule has 2 aromatic heterocycles. The number of fused-ring (bicyclic) bond motifs is 1. The van der Waals surface area contributed by atoms with E-state index in [2.05, 4.69) is 32.6 Å². The second kappa shape index (κ2) is 11.5. The molecular formula is C28H38N4O2S2. The van der Waals surface area contributed by atoms with Crippen molar-refractivity contribution >= 4 is 51.7 Å². The molecule has 0 unspecified atom stereocenters. The summed E-state index contributed by atoms with van der Waals surface area (Å²) in [7, 11) is 0. The largest absolute Gasteiger partial charge is 0.355 e. The minimum absolute atomic E-state index is 0.0972. The number of carbonyl (C=O) groups excluding carboxylic acids is 1. The van der Waals surface area contributed by atoms with Crippen LogP contribution in [0.1, 0.15) is 70.9 Å². The summed E-state index contributed by atoms with van der Waals surface area (Å²) in [6.45, 7) is 13.1. The first kappa shape index (κ1) is 26.9. The fourth-order valence-corrected chi connectivity index (χ4v) is 6.72. The quantitative estimate of drug-likeness (QED) is 0.315. The molecule has 0 spiro atoms. The Labute approximate surface area is 224 Å². The predicted molar refractivity (Wildman–Crippen MR) is 155 cm³/mol. The van der Waals surface area contributed by atoms with Crippen LogP contribution in [0.3, 0.4) is 0 Å². The molecule has 4 heterocycles. The van der Waals surface area contributed by atoms with Crippen LogP contribution in [0.5, 0.6) is 0 Å². The van der Waals surface area contributed by atoms with Crippen LogP contribution in [0.2, 0.25) is 0 Å². The SMILES string of the molecule is CCCC[C@@H](CC)CN1C(=O)/C(=C/c2c(N3C[C@H](C)C[C@H](C)C3)nc3c(C)cccn3c2=O)SC1=S. The number of thioether (sulfide) groups is 1. The Morgan fingerprint density at radius 1 is 1.22 bits per heavy atom. The molecule has 0 saturated carbocycles. The lowest BCUT2D eigenvalue weighted by atomic mass is 9.91. The normalized spacial score (nSPS) is 22.8. The zero-order chi connectivity index (χ0) is 26.0. The third kappa shape index (κ3) is 5.54. The number of rotatable bonds is 8. The number of amides is 1. The number of hydrogen-bond donors (Lipinski definition) is 0. The average Bonchev–Trinajstić information content (AvgIpc) is 3.10. The van der Waals surface area contributed by atoms with Crippen LogP contribution < -0.4 is 10.5 Å². The van der Waals surface area contributed by atoms with E-state index in [9.17, 15) is 9.59 Å². The lowest BCUT2D eigenvalue weighted by molar-refractivity contribution is -0.122. The van der Waals surface area contributed by atoms with E-state index in [1.807, 2.05) is 19.1 Å². The Balaban J connectivity index is 1.76. The van der Waals surface area contributed by atoms with Gasteiger partial charge in [-0.15, -0.1) is 0 Å². The number of aryl methyl sites for hydroxylation is 1. The highest BCUT2D eigenvalue weighted by molar-refractivity contribution is 8.26. The van der Waals surface area contributed by atoms with Gasteiger partial charge in [0.15, 0.2) is 0 Å². The maximum absolute atomic E-state index is 13.8. The van der Waals surface area contributed by atoms with Gasteiger partial charge in [-0.1, -0.05) is 77.0 Å². The van der Waals surface area contributed by atoms with Crippen LogP contribution in [0, 0.1) is 24.7 Å². The van der Waals surface area contributed by atoms with E-state index >= 15 is 0 Å². The molecule has 0 N–H and O–H groups in total. The monoisotopic (exact) mass is 526 g/mol. The van der Waals surface area contributed by atoms with Crippen molar-refractivity contribution in [3.8, 4) is 0 Å².